The van der Waals surface area contributed by atoms with Crippen molar-refractivity contribution in [1.82, 2.24) is 9.78 Å². The van der Waals surface area contributed by atoms with Gasteiger partial charge in [0.05, 0.1) is 22.9 Å². The molecule has 0 saturated heterocycles. The van der Waals surface area contributed by atoms with E-state index in [0.29, 0.717) is 17.1 Å². The fraction of sp³-hybridized carbons (Fsp3) is 0.565. The number of anilines is 1. The first-order valence-corrected chi connectivity index (χ1v) is 12.9. The van der Waals surface area contributed by atoms with Gasteiger partial charge in [-0.1, -0.05) is 43.9 Å². The molecule has 30 heavy (non-hydrogen) atoms. The Balaban J connectivity index is 1.54. The van der Waals surface area contributed by atoms with Gasteiger partial charge in [-0.3, -0.25) is 4.79 Å². The molecule has 0 radical (unpaired) electrons. The topological polar surface area (TPSA) is 81.1 Å². The monoisotopic (exact) mass is 429 g/mol. The van der Waals surface area contributed by atoms with Gasteiger partial charge in [-0.2, -0.15) is 5.10 Å². The number of benzene rings is 1. The first-order valence-electron chi connectivity index (χ1n) is 11.1. The standard InChI is InChI=1S/C23H31N3O3S/c1-3-4-5-17-8-10-18(11-9-17)23(27)24-22-20-14-30(28,29)15-21(20)25-26(22)19-12-6-16(2)7-13-19/h6-7,12-13,17-18H,3-5,8-11,14-15H2,1-2H3,(H,24,27). The van der Waals surface area contributed by atoms with E-state index >= 15 is 0 Å². The Morgan fingerprint density at radius 3 is 2.50 bits per heavy atom. The Kier molecular flexibility index (Phi) is 6.00. The van der Waals surface area contributed by atoms with Gasteiger partial charge in [-0.15, -0.1) is 0 Å². The lowest BCUT2D eigenvalue weighted by atomic mass is 9.79. The number of rotatable bonds is 6. The summed E-state index contributed by atoms with van der Waals surface area (Å²) in [4.78, 5) is 13.1. The van der Waals surface area contributed by atoms with Crippen LogP contribution in [0, 0.1) is 18.8 Å². The Morgan fingerprint density at radius 1 is 1.13 bits per heavy atom. The van der Waals surface area contributed by atoms with Crippen LogP contribution in [0.5, 0.6) is 0 Å². The van der Waals surface area contributed by atoms with E-state index in [1.807, 2.05) is 31.2 Å². The van der Waals surface area contributed by atoms with Crippen molar-refractivity contribution >= 4 is 21.6 Å². The maximum Gasteiger partial charge on any atom is 0.228 e. The van der Waals surface area contributed by atoms with Crippen molar-refractivity contribution in [2.45, 2.75) is 70.3 Å². The summed E-state index contributed by atoms with van der Waals surface area (Å²) in [5.74, 6) is 1.11. The Labute approximate surface area is 179 Å². The second kappa shape index (κ2) is 8.53. The summed E-state index contributed by atoms with van der Waals surface area (Å²) in [7, 11) is -3.19. The molecule has 0 unspecified atom stereocenters. The zero-order valence-corrected chi connectivity index (χ0v) is 18.7. The molecule has 0 bridgehead atoms. The summed E-state index contributed by atoms with van der Waals surface area (Å²) in [5, 5.41) is 7.62. The third-order valence-electron chi connectivity index (χ3n) is 6.49. The number of carbonyl (C=O) groups is 1. The van der Waals surface area contributed by atoms with Crippen molar-refractivity contribution in [3.8, 4) is 5.69 Å². The molecule has 2 aliphatic rings. The smallest absolute Gasteiger partial charge is 0.228 e. The Morgan fingerprint density at radius 2 is 1.83 bits per heavy atom. The molecule has 1 aromatic heterocycles. The molecule has 2 heterocycles. The van der Waals surface area contributed by atoms with E-state index in [-0.39, 0.29) is 23.3 Å². The number of amides is 1. The molecule has 1 aliphatic heterocycles. The van der Waals surface area contributed by atoms with E-state index in [2.05, 4.69) is 17.3 Å². The number of aromatic nitrogens is 2. The van der Waals surface area contributed by atoms with Crippen LogP contribution >= 0.6 is 0 Å². The molecular weight excluding hydrogens is 398 g/mol. The molecule has 7 heteroatoms. The van der Waals surface area contributed by atoms with Crippen LogP contribution in [0.1, 0.15) is 68.7 Å². The number of hydrogen-bond donors (Lipinski definition) is 1. The molecule has 0 spiro atoms. The average Bonchev–Trinajstić information content (AvgIpc) is 3.19. The molecule has 4 rings (SSSR count). The normalized spacial score (nSPS) is 22.6. The highest BCUT2D eigenvalue weighted by Gasteiger charge is 2.34. The molecule has 1 aliphatic carbocycles. The fourth-order valence-corrected chi connectivity index (χ4v) is 6.16. The van der Waals surface area contributed by atoms with Crippen LogP contribution in [0.3, 0.4) is 0 Å². The maximum absolute atomic E-state index is 13.1. The van der Waals surface area contributed by atoms with E-state index in [4.69, 9.17) is 0 Å². The molecule has 1 amide bonds. The number of nitrogens with zero attached hydrogens (tertiary/aromatic N) is 2. The van der Waals surface area contributed by atoms with Crippen LogP contribution in [0.15, 0.2) is 24.3 Å². The summed E-state index contributed by atoms with van der Waals surface area (Å²) in [6.07, 6.45) is 7.74. The van der Waals surface area contributed by atoms with Crippen LogP contribution < -0.4 is 5.32 Å². The van der Waals surface area contributed by atoms with Gasteiger partial charge in [-0.25, -0.2) is 13.1 Å². The summed E-state index contributed by atoms with van der Waals surface area (Å²) < 4.78 is 26.0. The zero-order chi connectivity index (χ0) is 21.3. The number of carbonyl (C=O) groups excluding carboxylic acids is 1. The lowest BCUT2D eigenvalue weighted by molar-refractivity contribution is -0.121. The molecule has 6 nitrogen and oxygen atoms in total. The average molecular weight is 430 g/mol. The van der Waals surface area contributed by atoms with E-state index < -0.39 is 9.84 Å². The SMILES string of the molecule is CCCCC1CCC(C(=O)Nc2c3c(nn2-c2ccc(C)cc2)CS(=O)(=O)C3)CC1. The molecule has 1 fully saturated rings. The van der Waals surface area contributed by atoms with Gasteiger partial charge < -0.3 is 5.32 Å². The number of sulfone groups is 1. The highest BCUT2D eigenvalue weighted by atomic mass is 32.2. The number of hydrogen-bond acceptors (Lipinski definition) is 4. The summed E-state index contributed by atoms with van der Waals surface area (Å²) in [6, 6.07) is 7.87. The van der Waals surface area contributed by atoms with Crippen LogP contribution in [-0.2, 0) is 26.1 Å². The lowest BCUT2D eigenvalue weighted by Gasteiger charge is -2.27. The third-order valence-corrected chi connectivity index (χ3v) is 7.93. The van der Waals surface area contributed by atoms with E-state index in [0.717, 1.165) is 42.9 Å². The summed E-state index contributed by atoms with van der Waals surface area (Å²) in [5.41, 5.74) is 3.15. The van der Waals surface area contributed by atoms with E-state index in [1.165, 1.54) is 19.3 Å². The van der Waals surface area contributed by atoms with Gasteiger partial charge in [0.2, 0.25) is 5.91 Å². The van der Waals surface area contributed by atoms with Gasteiger partial charge in [0, 0.05) is 11.5 Å². The van der Waals surface area contributed by atoms with Gasteiger partial charge in [0.15, 0.2) is 9.84 Å². The molecule has 1 N–H and O–H groups in total. The number of unbranched alkanes of at least 4 members (excludes halogenated alkanes) is 1. The van der Waals surface area contributed by atoms with E-state index in [1.54, 1.807) is 4.68 Å². The van der Waals surface area contributed by atoms with Gasteiger partial charge in [0.1, 0.15) is 5.82 Å². The minimum Gasteiger partial charge on any atom is -0.310 e. The van der Waals surface area contributed by atoms with Gasteiger partial charge >= 0.3 is 0 Å². The lowest BCUT2D eigenvalue weighted by Crippen LogP contribution is -2.28. The predicted octanol–water partition coefficient (Wildman–Crippen LogP) is 4.54. The molecule has 1 aromatic carbocycles. The van der Waals surface area contributed by atoms with Gasteiger partial charge in [0.25, 0.3) is 0 Å². The van der Waals surface area contributed by atoms with Crippen molar-refractivity contribution in [2.75, 3.05) is 5.32 Å². The maximum atomic E-state index is 13.1. The number of nitrogens with one attached hydrogen (secondary N) is 1. The largest absolute Gasteiger partial charge is 0.310 e. The first kappa shape index (κ1) is 21.1. The second-order valence-electron chi connectivity index (χ2n) is 8.90. The molecule has 0 atom stereocenters. The predicted molar refractivity (Wildman–Crippen MR) is 118 cm³/mol. The molecule has 162 valence electrons. The highest BCUT2D eigenvalue weighted by molar-refractivity contribution is 7.90. The van der Waals surface area contributed by atoms with Crippen LogP contribution in [0.25, 0.3) is 5.69 Å². The quantitative estimate of drug-likeness (QED) is 0.731. The molecule has 1 saturated carbocycles. The number of fused-ring (bicyclic) bond motifs is 1. The van der Waals surface area contributed by atoms with Gasteiger partial charge in [-0.05, 0) is 50.7 Å². The minimum atomic E-state index is -3.19. The molecule has 2 aromatic rings. The van der Waals surface area contributed by atoms with Crippen LogP contribution in [0.4, 0.5) is 5.82 Å². The fourth-order valence-electron chi connectivity index (χ4n) is 4.67. The van der Waals surface area contributed by atoms with Crippen LogP contribution in [0.2, 0.25) is 0 Å². The zero-order valence-electron chi connectivity index (χ0n) is 17.9. The Hall–Kier alpha value is -2.15. The van der Waals surface area contributed by atoms with Crippen molar-refractivity contribution in [1.29, 1.82) is 0 Å². The summed E-state index contributed by atoms with van der Waals surface area (Å²) >= 11 is 0. The van der Waals surface area contributed by atoms with Crippen molar-refractivity contribution < 1.29 is 13.2 Å². The highest BCUT2D eigenvalue weighted by Crippen LogP contribution is 2.36. The first-order chi connectivity index (χ1) is 14.4. The van der Waals surface area contributed by atoms with Crippen LogP contribution in [-0.4, -0.2) is 24.1 Å². The molecular formula is C23H31N3O3S. The number of aryl methyl sites for hydroxylation is 1. The van der Waals surface area contributed by atoms with Crippen molar-refractivity contribution in [3.63, 3.8) is 0 Å². The third kappa shape index (κ3) is 4.46. The summed E-state index contributed by atoms with van der Waals surface area (Å²) in [6.45, 7) is 4.23. The Bertz CT molecular complexity index is 1020. The van der Waals surface area contributed by atoms with Crippen molar-refractivity contribution in [2.24, 2.45) is 11.8 Å². The van der Waals surface area contributed by atoms with Crippen molar-refractivity contribution in [3.05, 3.63) is 41.1 Å². The minimum absolute atomic E-state index is 0.00991. The van der Waals surface area contributed by atoms with E-state index in [9.17, 15) is 13.2 Å². The second-order valence-corrected chi connectivity index (χ2v) is 11.0.